The van der Waals surface area contributed by atoms with Gasteiger partial charge in [0.15, 0.2) is 0 Å². The number of carbonyl (C=O) groups excluding carboxylic acids is 1. The molecule has 3 atom stereocenters. The number of rotatable bonds is 4. The highest BCUT2D eigenvalue weighted by atomic mass is 16.5. The van der Waals surface area contributed by atoms with Gasteiger partial charge in [0.2, 0.25) is 5.91 Å². The molecule has 4 heteroatoms. The molecule has 2 aliphatic rings. The number of carbonyl (C=O) groups is 1. The summed E-state index contributed by atoms with van der Waals surface area (Å²) in [5, 5.41) is 12.4. The monoisotopic (exact) mass is 227 g/mol. The van der Waals surface area contributed by atoms with Crippen LogP contribution in [0.1, 0.15) is 33.1 Å². The van der Waals surface area contributed by atoms with Gasteiger partial charge in [-0.15, -0.1) is 0 Å². The summed E-state index contributed by atoms with van der Waals surface area (Å²) < 4.78 is 5.42. The lowest BCUT2D eigenvalue weighted by atomic mass is 9.95. The second kappa shape index (κ2) is 4.34. The molecule has 0 radical (unpaired) electrons. The van der Waals surface area contributed by atoms with Gasteiger partial charge in [-0.25, -0.2) is 0 Å². The molecule has 1 aliphatic carbocycles. The Kier molecular flexibility index (Phi) is 3.22. The van der Waals surface area contributed by atoms with Crippen molar-refractivity contribution < 1.29 is 14.6 Å². The summed E-state index contributed by atoms with van der Waals surface area (Å²) in [6.45, 7) is 4.62. The van der Waals surface area contributed by atoms with E-state index in [2.05, 4.69) is 5.32 Å². The Morgan fingerprint density at radius 2 is 2.19 bits per heavy atom. The Morgan fingerprint density at radius 3 is 2.62 bits per heavy atom. The van der Waals surface area contributed by atoms with Crippen molar-refractivity contribution in [2.24, 2.45) is 11.8 Å². The Balaban J connectivity index is 1.94. The van der Waals surface area contributed by atoms with E-state index in [-0.39, 0.29) is 24.5 Å². The van der Waals surface area contributed by atoms with Crippen molar-refractivity contribution in [2.45, 2.75) is 44.8 Å². The second-order valence-electron chi connectivity index (χ2n) is 5.40. The topological polar surface area (TPSA) is 58.6 Å². The summed E-state index contributed by atoms with van der Waals surface area (Å²) in [5.41, 5.74) is -0.456. The average Bonchev–Trinajstić information content (AvgIpc) is 3.02. The van der Waals surface area contributed by atoms with Crippen LogP contribution in [0.3, 0.4) is 0 Å². The van der Waals surface area contributed by atoms with Crippen molar-refractivity contribution >= 4 is 5.91 Å². The minimum atomic E-state index is -0.456. The molecule has 0 unspecified atom stereocenters. The van der Waals surface area contributed by atoms with Gasteiger partial charge >= 0.3 is 0 Å². The molecule has 0 aromatic heterocycles. The number of amides is 1. The van der Waals surface area contributed by atoms with E-state index in [1.807, 2.05) is 13.8 Å². The summed E-state index contributed by atoms with van der Waals surface area (Å²) in [6, 6.07) is 0. The van der Waals surface area contributed by atoms with Crippen molar-refractivity contribution in [3.05, 3.63) is 0 Å². The summed E-state index contributed by atoms with van der Waals surface area (Å²) in [7, 11) is 0. The van der Waals surface area contributed by atoms with Crippen LogP contribution in [0.4, 0.5) is 0 Å². The fourth-order valence-corrected chi connectivity index (χ4v) is 2.37. The van der Waals surface area contributed by atoms with Crippen molar-refractivity contribution in [1.82, 2.24) is 5.32 Å². The lowest BCUT2D eigenvalue weighted by Crippen LogP contribution is -2.54. The minimum absolute atomic E-state index is 0.00447. The van der Waals surface area contributed by atoms with Crippen molar-refractivity contribution in [3.8, 4) is 0 Å². The second-order valence-corrected chi connectivity index (χ2v) is 5.40. The first-order valence-corrected chi connectivity index (χ1v) is 6.11. The lowest BCUT2D eigenvalue weighted by molar-refractivity contribution is -0.134. The van der Waals surface area contributed by atoms with Crippen LogP contribution < -0.4 is 5.32 Å². The zero-order chi connectivity index (χ0) is 11.8. The van der Waals surface area contributed by atoms with E-state index in [0.717, 1.165) is 19.3 Å². The molecular weight excluding hydrogens is 206 g/mol. The molecule has 1 saturated heterocycles. The predicted octanol–water partition coefficient (Wildman–Crippen LogP) is 0.689. The van der Waals surface area contributed by atoms with Crippen LogP contribution in [0.5, 0.6) is 0 Å². The van der Waals surface area contributed by atoms with Crippen LogP contribution in [0.2, 0.25) is 0 Å². The Labute approximate surface area is 96.4 Å². The molecule has 92 valence electrons. The number of aliphatic hydroxyl groups is 1. The molecule has 4 nitrogen and oxygen atoms in total. The van der Waals surface area contributed by atoms with Crippen LogP contribution >= 0.6 is 0 Å². The number of hydrogen-bond acceptors (Lipinski definition) is 3. The maximum atomic E-state index is 12.0. The predicted molar refractivity (Wildman–Crippen MR) is 59.9 cm³/mol. The molecule has 0 aromatic rings. The number of hydrogen-bond donors (Lipinski definition) is 2. The van der Waals surface area contributed by atoms with Gasteiger partial charge in [-0.1, -0.05) is 6.92 Å². The number of aliphatic hydroxyl groups excluding tert-OH is 1. The molecule has 0 spiro atoms. The molecule has 2 fully saturated rings. The van der Waals surface area contributed by atoms with Crippen molar-refractivity contribution in [1.29, 1.82) is 0 Å². The molecular formula is C12H21NO3. The molecule has 1 heterocycles. The Bertz CT molecular complexity index is 277. The Hall–Kier alpha value is -0.610. The van der Waals surface area contributed by atoms with Crippen LogP contribution in [0.15, 0.2) is 0 Å². The van der Waals surface area contributed by atoms with Gasteiger partial charge in [-0.3, -0.25) is 4.79 Å². The smallest absolute Gasteiger partial charge is 0.249 e. The molecule has 1 saturated carbocycles. The summed E-state index contributed by atoms with van der Waals surface area (Å²) in [6.07, 6.45) is 2.80. The quantitative estimate of drug-likeness (QED) is 0.743. The zero-order valence-corrected chi connectivity index (χ0v) is 10.0. The van der Waals surface area contributed by atoms with Crippen molar-refractivity contribution in [3.63, 3.8) is 0 Å². The van der Waals surface area contributed by atoms with Gasteiger partial charge in [0.25, 0.3) is 0 Å². The maximum Gasteiger partial charge on any atom is 0.249 e. The molecule has 2 rings (SSSR count). The normalized spacial score (nSPS) is 33.4. The maximum absolute atomic E-state index is 12.0. The summed E-state index contributed by atoms with van der Waals surface area (Å²) >= 11 is 0. The van der Waals surface area contributed by atoms with Gasteiger partial charge in [0, 0.05) is 6.61 Å². The SMILES string of the molecule is C[C@@H]1CCO[C@@H]1C(=O)N[C@](C)(CO)C1CC1. The highest BCUT2D eigenvalue weighted by molar-refractivity contribution is 5.82. The highest BCUT2D eigenvalue weighted by Crippen LogP contribution is 2.39. The first-order valence-electron chi connectivity index (χ1n) is 6.11. The van der Waals surface area contributed by atoms with Crippen LogP contribution in [0, 0.1) is 11.8 Å². The molecule has 0 aromatic carbocycles. The lowest BCUT2D eigenvalue weighted by Gasteiger charge is -2.30. The largest absolute Gasteiger partial charge is 0.394 e. The molecule has 2 N–H and O–H groups in total. The van der Waals surface area contributed by atoms with E-state index < -0.39 is 5.54 Å². The summed E-state index contributed by atoms with van der Waals surface area (Å²) in [5.74, 6) is 0.647. The van der Waals surface area contributed by atoms with E-state index in [0.29, 0.717) is 12.5 Å². The molecule has 0 bridgehead atoms. The van der Waals surface area contributed by atoms with Gasteiger partial charge in [0.1, 0.15) is 6.10 Å². The van der Waals surface area contributed by atoms with E-state index in [4.69, 9.17) is 4.74 Å². The van der Waals surface area contributed by atoms with Crippen molar-refractivity contribution in [2.75, 3.05) is 13.2 Å². The number of ether oxygens (including phenoxy) is 1. The van der Waals surface area contributed by atoms with Crippen LogP contribution in [0.25, 0.3) is 0 Å². The van der Waals surface area contributed by atoms with Gasteiger partial charge < -0.3 is 15.2 Å². The molecule has 1 aliphatic heterocycles. The fourth-order valence-electron chi connectivity index (χ4n) is 2.37. The van der Waals surface area contributed by atoms with E-state index >= 15 is 0 Å². The van der Waals surface area contributed by atoms with Gasteiger partial charge in [0.05, 0.1) is 12.1 Å². The Morgan fingerprint density at radius 1 is 1.50 bits per heavy atom. The third-order valence-electron chi connectivity index (χ3n) is 3.86. The number of nitrogens with one attached hydrogen (secondary N) is 1. The van der Waals surface area contributed by atoms with E-state index in [1.165, 1.54) is 0 Å². The minimum Gasteiger partial charge on any atom is -0.394 e. The van der Waals surface area contributed by atoms with Crippen LogP contribution in [-0.4, -0.2) is 35.9 Å². The summed E-state index contributed by atoms with van der Waals surface area (Å²) in [4.78, 5) is 12.0. The van der Waals surface area contributed by atoms with Crippen LogP contribution in [-0.2, 0) is 9.53 Å². The highest BCUT2D eigenvalue weighted by Gasteiger charge is 2.44. The molecule has 16 heavy (non-hydrogen) atoms. The van der Waals surface area contributed by atoms with E-state index in [1.54, 1.807) is 0 Å². The first kappa shape index (κ1) is 11.9. The third-order valence-corrected chi connectivity index (χ3v) is 3.86. The average molecular weight is 227 g/mol. The standard InChI is InChI=1S/C12H21NO3/c1-8-5-6-16-10(8)11(15)13-12(2,7-14)9-3-4-9/h8-10,14H,3-7H2,1-2H3,(H,13,15)/t8-,10+,12-/m1/s1. The molecule has 1 amide bonds. The van der Waals surface area contributed by atoms with Gasteiger partial charge in [-0.05, 0) is 38.0 Å². The van der Waals surface area contributed by atoms with Gasteiger partial charge in [-0.2, -0.15) is 0 Å². The fraction of sp³-hybridized carbons (Fsp3) is 0.917. The van der Waals surface area contributed by atoms with E-state index in [9.17, 15) is 9.90 Å². The zero-order valence-electron chi connectivity index (χ0n) is 10.0. The third kappa shape index (κ3) is 2.23. The first-order chi connectivity index (χ1) is 7.57.